The molecule has 1 fully saturated rings. The number of halogens is 1. The topological polar surface area (TPSA) is 60.0 Å². The zero-order valence-corrected chi connectivity index (χ0v) is 15.8. The first kappa shape index (κ1) is 17.1. The first-order valence-corrected chi connectivity index (χ1v) is 9.50. The molecule has 1 aromatic carbocycles. The molecule has 0 bridgehead atoms. The van der Waals surface area contributed by atoms with Gasteiger partial charge >= 0.3 is 0 Å². The van der Waals surface area contributed by atoms with Crippen LogP contribution in [-0.2, 0) is 0 Å². The molecule has 1 aliphatic rings. The van der Waals surface area contributed by atoms with Crippen molar-refractivity contribution in [1.82, 2.24) is 29.5 Å². The number of pyridine rings is 1. The van der Waals surface area contributed by atoms with E-state index in [1.165, 1.54) is 12.1 Å². The molecule has 0 saturated carbocycles. The quantitative estimate of drug-likeness (QED) is 0.590. The summed E-state index contributed by atoms with van der Waals surface area (Å²) in [4.78, 5) is 4.69. The van der Waals surface area contributed by atoms with Gasteiger partial charge in [-0.2, -0.15) is 0 Å². The van der Waals surface area contributed by atoms with Crippen molar-refractivity contribution in [2.45, 2.75) is 25.8 Å². The maximum Gasteiger partial charge on any atom is 0.160 e. The molecule has 1 aliphatic heterocycles. The van der Waals surface area contributed by atoms with E-state index in [9.17, 15) is 4.39 Å². The smallest absolute Gasteiger partial charge is 0.160 e. The van der Waals surface area contributed by atoms with Crippen LogP contribution in [0, 0.1) is 5.82 Å². The van der Waals surface area contributed by atoms with Gasteiger partial charge in [0.25, 0.3) is 0 Å². The highest BCUT2D eigenvalue weighted by atomic mass is 19.1. The molecule has 1 N–H and O–H groups in total. The molecule has 4 heterocycles. The third kappa shape index (κ3) is 2.70. The van der Waals surface area contributed by atoms with Gasteiger partial charge in [0.1, 0.15) is 11.6 Å². The Labute approximate surface area is 162 Å². The number of fused-ring (bicyclic) bond motifs is 1. The van der Waals surface area contributed by atoms with E-state index in [0.29, 0.717) is 6.04 Å². The van der Waals surface area contributed by atoms with Crippen LogP contribution in [-0.4, -0.2) is 37.2 Å². The average Bonchev–Trinajstić information content (AvgIpc) is 3.25. The number of hydrogen-bond donors (Lipinski definition) is 1. The number of nitrogens with zero attached hydrogens (tertiary/aromatic N) is 5. The van der Waals surface area contributed by atoms with Crippen LogP contribution in [0.1, 0.15) is 31.6 Å². The van der Waals surface area contributed by atoms with Crippen LogP contribution in [0.5, 0.6) is 0 Å². The summed E-state index contributed by atoms with van der Waals surface area (Å²) in [7, 11) is 0. The maximum absolute atomic E-state index is 13.4. The second kappa shape index (κ2) is 6.53. The lowest BCUT2D eigenvalue weighted by Gasteiger charge is -2.30. The summed E-state index contributed by atoms with van der Waals surface area (Å²) in [6, 6.07) is 10.9. The van der Waals surface area contributed by atoms with Crippen LogP contribution in [0.4, 0.5) is 4.39 Å². The van der Waals surface area contributed by atoms with Crippen molar-refractivity contribution in [2.75, 3.05) is 13.1 Å². The Kier molecular flexibility index (Phi) is 3.98. The summed E-state index contributed by atoms with van der Waals surface area (Å²) < 4.78 is 17.7. The Bertz CT molecular complexity index is 1140. The minimum absolute atomic E-state index is 0.250. The summed E-state index contributed by atoms with van der Waals surface area (Å²) in [5.74, 6) is 0.944. The Morgan fingerprint density at radius 1 is 1.04 bits per heavy atom. The van der Waals surface area contributed by atoms with Crippen LogP contribution in [0.25, 0.3) is 28.2 Å². The highest BCUT2D eigenvalue weighted by Crippen LogP contribution is 2.34. The molecule has 0 amide bonds. The van der Waals surface area contributed by atoms with Gasteiger partial charge in [-0.15, -0.1) is 10.2 Å². The third-order valence-electron chi connectivity index (χ3n) is 5.28. The second-order valence-electron chi connectivity index (χ2n) is 7.53. The van der Waals surface area contributed by atoms with Crippen LogP contribution in [0.3, 0.4) is 0 Å². The molecule has 4 aromatic rings. The molecule has 0 spiro atoms. The SMILES string of the molecule is CC(C)c1nnc2ccc(-c3c(-c4ccc(F)cc4)ncn3C3CNC3)cn12. The van der Waals surface area contributed by atoms with Crippen molar-refractivity contribution >= 4 is 5.65 Å². The number of aromatic nitrogens is 5. The normalized spacial score (nSPS) is 14.7. The van der Waals surface area contributed by atoms with Crippen molar-refractivity contribution in [2.24, 2.45) is 0 Å². The molecule has 0 radical (unpaired) electrons. The molecule has 5 rings (SSSR count). The highest BCUT2D eigenvalue weighted by Gasteiger charge is 2.25. The van der Waals surface area contributed by atoms with Crippen molar-refractivity contribution < 1.29 is 4.39 Å². The summed E-state index contributed by atoms with van der Waals surface area (Å²) >= 11 is 0. The Balaban J connectivity index is 1.71. The summed E-state index contributed by atoms with van der Waals surface area (Å²) in [5.41, 5.74) is 4.65. The zero-order chi connectivity index (χ0) is 19.3. The fourth-order valence-electron chi connectivity index (χ4n) is 3.66. The summed E-state index contributed by atoms with van der Waals surface area (Å²) in [5, 5.41) is 11.9. The third-order valence-corrected chi connectivity index (χ3v) is 5.28. The molecular formula is C21H21FN6. The molecule has 1 saturated heterocycles. The molecule has 0 unspecified atom stereocenters. The highest BCUT2D eigenvalue weighted by molar-refractivity contribution is 5.79. The van der Waals surface area contributed by atoms with E-state index in [0.717, 1.165) is 47.1 Å². The largest absolute Gasteiger partial charge is 0.324 e. The molecule has 3 aromatic heterocycles. The molecule has 28 heavy (non-hydrogen) atoms. The lowest BCUT2D eigenvalue weighted by atomic mass is 10.0. The number of hydrogen-bond acceptors (Lipinski definition) is 4. The fraction of sp³-hybridized carbons (Fsp3) is 0.286. The number of imidazole rings is 1. The molecular weight excluding hydrogens is 355 g/mol. The Morgan fingerprint density at radius 3 is 2.46 bits per heavy atom. The van der Waals surface area contributed by atoms with E-state index in [1.54, 1.807) is 12.1 Å². The van der Waals surface area contributed by atoms with Gasteiger partial charge in [0.2, 0.25) is 0 Å². The van der Waals surface area contributed by atoms with Crippen molar-refractivity contribution in [3.63, 3.8) is 0 Å². The van der Waals surface area contributed by atoms with E-state index in [2.05, 4.69) is 46.2 Å². The fourth-order valence-corrected chi connectivity index (χ4v) is 3.66. The van der Waals surface area contributed by atoms with Crippen molar-refractivity contribution in [3.8, 4) is 22.5 Å². The minimum atomic E-state index is -0.250. The van der Waals surface area contributed by atoms with Crippen molar-refractivity contribution in [1.29, 1.82) is 0 Å². The Hall–Kier alpha value is -3.06. The van der Waals surface area contributed by atoms with Gasteiger partial charge in [0, 0.05) is 36.3 Å². The van der Waals surface area contributed by atoms with E-state index in [-0.39, 0.29) is 11.7 Å². The minimum Gasteiger partial charge on any atom is -0.324 e. The van der Waals surface area contributed by atoms with Crippen LogP contribution < -0.4 is 5.32 Å². The van der Waals surface area contributed by atoms with Gasteiger partial charge in [-0.25, -0.2) is 9.37 Å². The predicted octanol–water partition coefficient (Wildman–Crippen LogP) is 3.67. The standard InChI is InChI=1S/C21H21FN6/c1-13(2)21-26-25-18-8-5-15(11-27(18)21)20-19(14-3-6-16(22)7-4-14)24-12-28(20)17-9-23-10-17/h3-8,11-13,17,23H,9-10H2,1-2H3. The van der Waals surface area contributed by atoms with Gasteiger partial charge in [-0.05, 0) is 36.4 Å². The average molecular weight is 376 g/mol. The van der Waals surface area contributed by atoms with Crippen LogP contribution in [0.2, 0.25) is 0 Å². The molecule has 6 nitrogen and oxygen atoms in total. The van der Waals surface area contributed by atoms with E-state index >= 15 is 0 Å². The lowest BCUT2D eigenvalue weighted by Crippen LogP contribution is -2.43. The molecule has 7 heteroatoms. The zero-order valence-electron chi connectivity index (χ0n) is 15.8. The molecule has 0 aliphatic carbocycles. The summed E-state index contributed by atoms with van der Waals surface area (Å²) in [6.07, 6.45) is 3.97. The van der Waals surface area contributed by atoms with Crippen LogP contribution >= 0.6 is 0 Å². The first-order chi connectivity index (χ1) is 13.6. The number of rotatable bonds is 4. The van der Waals surface area contributed by atoms with Gasteiger partial charge in [-0.3, -0.25) is 4.40 Å². The second-order valence-corrected chi connectivity index (χ2v) is 7.53. The van der Waals surface area contributed by atoms with Gasteiger partial charge in [0.05, 0.1) is 23.8 Å². The van der Waals surface area contributed by atoms with Gasteiger partial charge in [-0.1, -0.05) is 13.8 Å². The number of nitrogens with one attached hydrogen (secondary N) is 1. The van der Waals surface area contributed by atoms with E-state index in [4.69, 9.17) is 4.98 Å². The molecule has 142 valence electrons. The maximum atomic E-state index is 13.4. The van der Waals surface area contributed by atoms with Crippen LogP contribution in [0.15, 0.2) is 48.9 Å². The monoisotopic (exact) mass is 376 g/mol. The van der Waals surface area contributed by atoms with Gasteiger partial charge < -0.3 is 9.88 Å². The molecule has 0 atom stereocenters. The van der Waals surface area contributed by atoms with Gasteiger partial charge in [0.15, 0.2) is 5.65 Å². The summed E-state index contributed by atoms with van der Waals surface area (Å²) in [6.45, 7) is 6.05. The van der Waals surface area contributed by atoms with E-state index < -0.39 is 0 Å². The Morgan fingerprint density at radius 2 is 1.79 bits per heavy atom. The van der Waals surface area contributed by atoms with Crippen molar-refractivity contribution in [3.05, 3.63) is 60.6 Å². The van der Waals surface area contributed by atoms with E-state index in [1.807, 2.05) is 16.8 Å². The number of benzene rings is 1. The lowest BCUT2D eigenvalue weighted by molar-refractivity contribution is 0.346. The predicted molar refractivity (Wildman–Crippen MR) is 106 cm³/mol. The first-order valence-electron chi connectivity index (χ1n) is 9.50.